The van der Waals surface area contributed by atoms with Crippen molar-refractivity contribution in [1.82, 2.24) is 5.32 Å². The summed E-state index contributed by atoms with van der Waals surface area (Å²) < 4.78 is 0. The van der Waals surface area contributed by atoms with E-state index in [1.54, 1.807) is 0 Å². The number of fused-ring (bicyclic) bond motifs is 2. The predicted octanol–water partition coefficient (Wildman–Crippen LogP) is 7.64. The molecular formula is C34H35N. The van der Waals surface area contributed by atoms with Gasteiger partial charge in [0.2, 0.25) is 0 Å². The second-order valence-electron chi connectivity index (χ2n) is 9.73. The molecule has 4 aromatic rings. The fraction of sp³-hybridized carbons (Fsp3) is 0.235. The molecule has 1 aliphatic rings. The van der Waals surface area contributed by atoms with Gasteiger partial charge in [-0.15, -0.1) is 0 Å². The summed E-state index contributed by atoms with van der Waals surface area (Å²) in [6, 6.07) is 39.7. The van der Waals surface area contributed by atoms with Gasteiger partial charge in [-0.3, -0.25) is 0 Å². The van der Waals surface area contributed by atoms with Crippen LogP contribution in [0.25, 0.3) is 0 Å². The maximum atomic E-state index is 4.71. The van der Waals surface area contributed by atoms with E-state index in [0.29, 0.717) is 0 Å². The Bertz CT molecular complexity index is 1210. The van der Waals surface area contributed by atoms with Gasteiger partial charge in [-0.2, -0.15) is 0 Å². The fourth-order valence-electron chi connectivity index (χ4n) is 5.81. The monoisotopic (exact) mass is 457 g/mol. The summed E-state index contributed by atoms with van der Waals surface area (Å²) in [7, 11) is 0. The van der Waals surface area contributed by atoms with E-state index < -0.39 is 0 Å². The van der Waals surface area contributed by atoms with Gasteiger partial charge in [-0.1, -0.05) is 116 Å². The Labute approximate surface area is 210 Å². The average molecular weight is 458 g/mol. The van der Waals surface area contributed by atoms with Crippen molar-refractivity contribution in [2.75, 3.05) is 6.54 Å². The number of hydrogen-bond donors (Lipinski definition) is 1. The summed E-state index contributed by atoms with van der Waals surface area (Å²) in [6.45, 7) is 5.64. The van der Waals surface area contributed by atoms with Gasteiger partial charge in [0.25, 0.3) is 0 Å². The zero-order chi connectivity index (χ0) is 23.9. The summed E-state index contributed by atoms with van der Waals surface area (Å²) in [6.07, 6.45) is 6.39. The van der Waals surface area contributed by atoms with E-state index in [1.807, 2.05) is 0 Å². The van der Waals surface area contributed by atoms with Crippen LogP contribution in [-0.4, -0.2) is 6.54 Å². The van der Waals surface area contributed by atoms with Crippen LogP contribution in [0.4, 0.5) is 0 Å². The van der Waals surface area contributed by atoms with Gasteiger partial charge in [0, 0.05) is 12.2 Å². The molecule has 0 heterocycles. The molecule has 0 unspecified atom stereocenters. The first-order valence-electron chi connectivity index (χ1n) is 13.0. The normalized spacial score (nSPS) is 13.5. The van der Waals surface area contributed by atoms with Gasteiger partial charge >= 0.3 is 0 Å². The average Bonchev–Trinajstić information content (AvgIpc) is 2.91. The summed E-state index contributed by atoms with van der Waals surface area (Å²) in [5.74, 6) is 0. The third-order valence-corrected chi connectivity index (χ3v) is 7.53. The topological polar surface area (TPSA) is 12.0 Å². The van der Waals surface area contributed by atoms with Gasteiger partial charge in [-0.25, -0.2) is 0 Å². The predicted molar refractivity (Wildman–Crippen MR) is 148 cm³/mol. The van der Waals surface area contributed by atoms with Crippen LogP contribution in [0.1, 0.15) is 52.6 Å². The van der Waals surface area contributed by atoms with Gasteiger partial charge in [0.05, 0.1) is 5.41 Å². The molecule has 0 spiro atoms. The SMILES string of the molecule is C=C(NCCCc1ccccc1)C1(CCCc2ccccc2)c2ccccc2Cc2ccccc21. The van der Waals surface area contributed by atoms with Gasteiger partial charge in [-0.05, 0) is 71.9 Å². The highest BCUT2D eigenvalue weighted by Crippen LogP contribution is 2.48. The van der Waals surface area contributed by atoms with E-state index in [4.69, 9.17) is 6.58 Å². The lowest BCUT2D eigenvalue weighted by Gasteiger charge is -2.43. The second-order valence-corrected chi connectivity index (χ2v) is 9.73. The Morgan fingerprint density at radius 3 is 1.69 bits per heavy atom. The number of allylic oxidation sites excluding steroid dienone is 1. The first-order valence-corrected chi connectivity index (χ1v) is 13.0. The number of nitrogens with one attached hydrogen (secondary N) is 1. The minimum absolute atomic E-state index is 0.215. The smallest absolute Gasteiger partial charge is 0.0597 e. The van der Waals surface area contributed by atoms with Crippen LogP contribution < -0.4 is 5.32 Å². The minimum Gasteiger partial charge on any atom is -0.388 e. The molecule has 0 saturated heterocycles. The lowest BCUT2D eigenvalue weighted by atomic mass is 9.62. The maximum Gasteiger partial charge on any atom is 0.0597 e. The summed E-state index contributed by atoms with van der Waals surface area (Å²) in [5, 5.41) is 3.80. The quantitative estimate of drug-likeness (QED) is 0.241. The molecule has 1 aliphatic carbocycles. The van der Waals surface area contributed by atoms with Crippen molar-refractivity contribution < 1.29 is 0 Å². The van der Waals surface area contributed by atoms with Crippen molar-refractivity contribution in [2.24, 2.45) is 0 Å². The number of rotatable bonds is 10. The van der Waals surface area contributed by atoms with Crippen molar-refractivity contribution in [1.29, 1.82) is 0 Å². The number of benzene rings is 4. The zero-order valence-corrected chi connectivity index (χ0v) is 20.5. The lowest BCUT2D eigenvalue weighted by Crippen LogP contribution is -2.40. The molecule has 1 heteroatoms. The molecule has 176 valence electrons. The molecule has 5 rings (SSSR count). The summed E-state index contributed by atoms with van der Waals surface area (Å²) >= 11 is 0. The second kappa shape index (κ2) is 10.8. The molecule has 1 nitrogen and oxygen atoms in total. The van der Waals surface area contributed by atoms with E-state index in [0.717, 1.165) is 50.8 Å². The molecule has 0 aliphatic heterocycles. The van der Waals surface area contributed by atoms with E-state index >= 15 is 0 Å². The van der Waals surface area contributed by atoms with Crippen LogP contribution in [0.2, 0.25) is 0 Å². The Hall–Kier alpha value is -3.58. The largest absolute Gasteiger partial charge is 0.388 e. The molecular weight excluding hydrogens is 422 g/mol. The van der Waals surface area contributed by atoms with Crippen molar-refractivity contribution in [3.8, 4) is 0 Å². The van der Waals surface area contributed by atoms with E-state index in [2.05, 4.69) is 115 Å². The highest BCUT2D eigenvalue weighted by molar-refractivity contribution is 5.58. The van der Waals surface area contributed by atoms with Crippen LogP contribution in [-0.2, 0) is 24.7 Å². The van der Waals surface area contributed by atoms with E-state index in [1.165, 1.54) is 33.4 Å². The highest BCUT2D eigenvalue weighted by atomic mass is 14.9. The summed E-state index contributed by atoms with van der Waals surface area (Å²) in [5.41, 5.74) is 9.42. The van der Waals surface area contributed by atoms with Crippen LogP contribution >= 0.6 is 0 Å². The third-order valence-electron chi connectivity index (χ3n) is 7.53. The molecule has 35 heavy (non-hydrogen) atoms. The van der Waals surface area contributed by atoms with E-state index in [9.17, 15) is 0 Å². The molecule has 0 amide bonds. The molecule has 0 radical (unpaired) electrons. The van der Waals surface area contributed by atoms with Crippen molar-refractivity contribution in [2.45, 2.75) is 43.9 Å². The van der Waals surface area contributed by atoms with Gasteiger partial charge in [0.1, 0.15) is 0 Å². The molecule has 4 aromatic carbocycles. The number of hydrogen-bond acceptors (Lipinski definition) is 1. The first kappa shape index (κ1) is 23.2. The van der Waals surface area contributed by atoms with Crippen LogP contribution in [0.15, 0.2) is 121 Å². The van der Waals surface area contributed by atoms with Gasteiger partial charge < -0.3 is 5.32 Å². The standard InChI is InChI=1S/C34H35N/c1-27(35-25-13-19-29-16-6-3-7-17-29)34(24-12-18-28-14-4-2-5-15-28)32-22-10-8-20-30(32)26-31-21-9-11-23-33(31)34/h2-11,14-17,20-23,35H,1,12-13,18-19,24-26H2. The van der Waals surface area contributed by atoms with E-state index in [-0.39, 0.29) is 5.41 Å². The summed E-state index contributed by atoms with van der Waals surface area (Å²) in [4.78, 5) is 0. The zero-order valence-electron chi connectivity index (χ0n) is 20.5. The fourth-order valence-corrected chi connectivity index (χ4v) is 5.81. The Kier molecular flexibility index (Phi) is 7.14. The molecule has 0 aromatic heterocycles. The van der Waals surface area contributed by atoms with Crippen molar-refractivity contribution in [3.63, 3.8) is 0 Å². The minimum atomic E-state index is -0.215. The molecule has 0 saturated carbocycles. The first-order chi connectivity index (χ1) is 17.3. The van der Waals surface area contributed by atoms with Crippen LogP contribution in [0, 0.1) is 0 Å². The van der Waals surface area contributed by atoms with Crippen LogP contribution in [0.5, 0.6) is 0 Å². The third kappa shape index (κ3) is 4.95. The van der Waals surface area contributed by atoms with Crippen LogP contribution in [0.3, 0.4) is 0 Å². The van der Waals surface area contributed by atoms with Crippen molar-refractivity contribution >= 4 is 0 Å². The highest BCUT2D eigenvalue weighted by Gasteiger charge is 2.42. The number of aryl methyl sites for hydroxylation is 2. The maximum absolute atomic E-state index is 4.71. The Morgan fingerprint density at radius 1 is 0.629 bits per heavy atom. The van der Waals surface area contributed by atoms with Crippen molar-refractivity contribution in [3.05, 3.63) is 155 Å². The Balaban J connectivity index is 1.42. The molecule has 0 fully saturated rings. The molecule has 0 atom stereocenters. The van der Waals surface area contributed by atoms with Gasteiger partial charge in [0.15, 0.2) is 0 Å². The lowest BCUT2D eigenvalue weighted by molar-refractivity contribution is 0.474. The molecule has 0 bridgehead atoms. The molecule has 1 N–H and O–H groups in total. The Morgan fingerprint density at radius 2 is 1.11 bits per heavy atom.